The number of carbonyl (C=O) groups is 2. The molecule has 2 fully saturated rings. The fraction of sp³-hybridized carbons (Fsp3) is 0.625. The molecule has 2 rings (SSSR count). The molecular weight excluding hydrogens is 256 g/mol. The van der Waals surface area contributed by atoms with Gasteiger partial charge >= 0.3 is 5.97 Å². The first-order valence-electron chi connectivity index (χ1n) is 7.01. The molecule has 2 bridgehead atoms. The van der Waals surface area contributed by atoms with Crippen LogP contribution in [-0.4, -0.2) is 25.5 Å². The number of ether oxygens (including phenoxy) is 2. The lowest BCUT2D eigenvalue weighted by Crippen LogP contribution is -2.33. The minimum atomic E-state index is -0.580. The number of ketones is 1. The van der Waals surface area contributed by atoms with E-state index in [9.17, 15) is 9.59 Å². The smallest absolute Gasteiger partial charge is 0.374 e. The second-order valence-electron chi connectivity index (χ2n) is 5.98. The molecule has 2 atom stereocenters. The van der Waals surface area contributed by atoms with Gasteiger partial charge in [-0.05, 0) is 31.1 Å². The number of carbonyl (C=O) groups excluding carboxylic acids is 2. The van der Waals surface area contributed by atoms with Crippen LogP contribution in [0.5, 0.6) is 0 Å². The molecule has 0 unspecified atom stereocenters. The van der Waals surface area contributed by atoms with Crippen LogP contribution in [0.25, 0.3) is 0 Å². The summed E-state index contributed by atoms with van der Waals surface area (Å²) >= 11 is 0. The van der Waals surface area contributed by atoms with Crippen LogP contribution in [-0.2, 0) is 19.1 Å². The van der Waals surface area contributed by atoms with Crippen LogP contribution in [0.3, 0.4) is 0 Å². The highest BCUT2D eigenvalue weighted by atomic mass is 16.6. The molecule has 0 spiro atoms. The number of Topliss-reactive ketones (excluding diaryl/α,β-unsaturated/α-hetero) is 1. The van der Waals surface area contributed by atoms with Gasteiger partial charge in [-0.1, -0.05) is 19.9 Å². The summed E-state index contributed by atoms with van der Waals surface area (Å²) in [4.78, 5) is 24.8. The van der Waals surface area contributed by atoms with E-state index < -0.39 is 11.4 Å². The Morgan fingerprint density at radius 1 is 1.50 bits per heavy atom. The van der Waals surface area contributed by atoms with Crippen LogP contribution >= 0.6 is 0 Å². The largest absolute Gasteiger partial charge is 0.490 e. The molecule has 2 saturated carbocycles. The van der Waals surface area contributed by atoms with Gasteiger partial charge in [0.05, 0.1) is 19.1 Å². The maximum Gasteiger partial charge on any atom is 0.374 e. The number of hydrogen-bond donors (Lipinski definition) is 0. The molecule has 0 aromatic rings. The molecule has 4 heteroatoms. The number of rotatable bonds is 4. The van der Waals surface area contributed by atoms with E-state index in [-0.39, 0.29) is 29.5 Å². The summed E-state index contributed by atoms with van der Waals surface area (Å²) in [6.07, 6.45) is 3.41. The second-order valence-corrected chi connectivity index (χ2v) is 5.98. The monoisotopic (exact) mass is 278 g/mol. The summed E-state index contributed by atoms with van der Waals surface area (Å²) in [5.74, 6) is -0.495. The van der Waals surface area contributed by atoms with E-state index in [2.05, 4.69) is 20.4 Å². The summed E-state index contributed by atoms with van der Waals surface area (Å²) < 4.78 is 10.2. The minimum Gasteiger partial charge on any atom is -0.490 e. The molecule has 0 aliphatic heterocycles. The van der Waals surface area contributed by atoms with Gasteiger partial charge in [-0.3, -0.25) is 4.79 Å². The molecule has 0 amide bonds. The zero-order valence-corrected chi connectivity index (χ0v) is 12.6. The lowest BCUT2D eigenvalue weighted by atomic mass is 9.69. The summed E-state index contributed by atoms with van der Waals surface area (Å²) in [6, 6.07) is 0. The standard InChI is InChI=1S/C16H22O4/c1-6-16-9-8-10(15(16,3)4)11(13(16)17)12(19-5)14(18)20-7-2/h6,10H,1,7-9H2,2-5H3/b12-11+/t10-,16+/m1/s1. The number of methoxy groups -OCH3 is 1. The lowest BCUT2D eigenvalue weighted by Gasteiger charge is -2.32. The van der Waals surface area contributed by atoms with E-state index in [4.69, 9.17) is 9.47 Å². The van der Waals surface area contributed by atoms with E-state index >= 15 is 0 Å². The van der Waals surface area contributed by atoms with Crippen molar-refractivity contribution in [1.29, 1.82) is 0 Å². The van der Waals surface area contributed by atoms with Crippen LogP contribution in [0, 0.1) is 16.7 Å². The normalized spacial score (nSPS) is 33.0. The third-order valence-electron chi connectivity index (χ3n) is 5.10. The molecule has 0 aromatic heterocycles. The van der Waals surface area contributed by atoms with Gasteiger partial charge in [-0.2, -0.15) is 0 Å². The van der Waals surface area contributed by atoms with Crippen molar-refractivity contribution in [2.75, 3.05) is 13.7 Å². The zero-order chi connectivity index (χ0) is 15.1. The fourth-order valence-corrected chi connectivity index (χ4v) is 3.89. The summed E-state index contributed by atoms with van der Waals surface area (Å²) in [5.41, 5.74) is -0.331. The topological polar surface area (TPSA) is 52.6 Å². The number of allylic oxidation sites excluding steroid dienone is 2. The molecule has 0 saturated heterocycles. The molecule has 110 valence electrons. The van der Waals surface area contributed by atoms with Gasteiger partial charge in [0.2, 0.25) is 5.76 Å². The Labute approximate surface area is 119 Å². The average Bonchev–Trinajstić information content (AvgIpc) is 2.74. The highest BCUT2D eigenvalue weighted by Crippen LogP contribution is 2.66. The summed E-state index contributed by atoms with van der Waals surface area (Å²) in [6.45, 7) is 9.98. The SMILES string of the molecule is C=C[C@]12CC[C@H](/C(=C(\OC)C(=O)OCC)C1=O)C2(C)C. The number of fused-ring (bicyclic) bond motifs is 2. The number of hydrogen-bond acceptors (Lipinski definition) is 4. The first-order chi connectivity index (χ1) is 9.37. The predicted molar refractivity (Wildman–Crippen MR) is 74.8 cm³/mol. The second kappa shape index (κ2) is 4.76. The maximum absolute atomic E-state index is 12.8. The van der Waals surface area contributed by atoms with Crippen LogP contribution < -0.4 is 0 Å². The quantitative estimate of drug-likeness (QED) is 0.343. The van der Waals surface area contributed by atoms with Crippen molar-refractivity contribution >= 4 is 11.8 Å². The van der Waals surface area contributed by atoms with Gasteiger partial charge in [0.1, 0.15) is 0 Å². The molecule has 2 aliphatic carbocycles. The average molecular weight is 278 g/mol. The van der Waals surface area contributed by atoms with Crippen molar-refractivity contribution in [2.24, 2.45) is 16.7 Å². The van der Waals surface area contributed by atoms with Crippen molar-refractivity contribution in [3.8, 4) is 0 Å². The fourth-order valence-electron chi connectivity index (χ4n) is 3.89. The van der Waals surface area contributed by atoms with Crippen LogP contribution in [0.4, 0.5) is 0 Å². The molecule has 0 aromatic carbocycles. The lowest BCUT2D eigenvalue weighted by molar-refractivity contribution is -0.142. The molecule has 20 heavy (non-hydrogen) atoms. The van der Waals surface area contributed by atoms with E-state index in [0.717, 1.165) is 12.8 Å². The van der Waals surface area contributed by atoms with Gasteiger partial charge in [0, 0.05) is 5.57 Å². The first kappa shape index (κ1) is 14.8. The Morgan fingerprint density at radius 3 is 2.60 bits per heavy atom. The van der Waals surface area contributed by atoms with Crippen LogP contribution in [0.15, 0.2) is 24.0 Å². The Balaban J connectivity index is 2.57. The van der Waals surface area contributed by atoms with E-state index in [1.165, 1.54) is 7.11 Å². The van der Waals surface area contributed by atoms with Crippen LogP contribution in [0.1, 0.15) is 33.6 Å². The third kappa shape index (κ3) is 1.60. The highest BCUT2D eigenvalue weighted by molar-refractivity contribution is 6.10. The molecular formula is C16H22O4. The molecule has 0 N–H and O–H groups in total. The van der Waals surface area contributed by atoms with Gasteiger partial charge in [-0.15, -0.1) is 6.58 Å². The minimum absolute atomic E-state index is 0.0207. The first-order valence-corrected chi connectivity index (χ1v) is 7.01. The van der Waals surface area contributed by atoms with Crippen molar-refractivity contribution in [3.63, 3.8) is 0 Å². The molecule has 4 nitrogen and oxygen atoms in total. The van der Waals surface area contributed by atoms with Crippen molar-refractivity contribution in [2.45, 2.75) is 33.6 Å². The third-order valence-corrected chi connectivity index (χ3v) is 5.10. The number of esters is 1. The van der Waals surface area contributed by atoms with Gasteiger partial charge in [-0.25, -0.2) is 4.79 Å². The van der Waals surface area contributed by atoms with Gasteiger partial charge in [0.25, 0.3) is 0 Å². The highest BCUT2D eigenvalue weighted by Gasteiger charge is 2.66. The van der Waals surface area contributed by atoms with Gasteiger partial charge in [0.15, 0.2) is 5.78 Å². The Kier molecular flexibility index (Phi) is 3.53. The maximum atomic E-state index is 12.8. The van der Waals surface area contributed by atoms with E-state index in [1.54, 1.807) is 13.0 Å². The van der Waals surface area contributed by atoms with Crippen molar-refractivity contribution < 1.29 is 19.1 Å². The van der Waals surface area contributed by atoms with Gasteiger partial charge < -0.3 is 9.47 Å². The Bertz CT molecular complexity index is 501. The van der Waals surface area contributed by atoms with E-state index in [0.29, 0.717) is 5.57 Å². The Hall–Kier alpha value is -1.58. The van der Waals surface area contributed by atoms with Crippen molar-refractivity contribution in [3.05, 3.63) is 24.0 Å². The predicted octanol–water partition coefficient (Wildman–Crippen LogP) is 2.64. The van der Waals surface area contributed by atoms with Crippen molar-refractivity contribution in [1.82, 2.24) is 0 Å². The Morgan fingerprint density at radius 2 is 2.15 bits per heavy atom. The van der Waals surface area contributed by atoms with Crippen LogP contribution in [0.2, 0.25) is 0 Å². The summed E-state index contributed by atoms with van der Waals surface area (Å²) in [5, 5.41) is 0. The molecule has 0 radical (unpaired) electrons. The summed E-state index contributed by atoms with van der Waals surface area (Å²) in [7, 11) is 1.41. The molecule has 2 aliphatic rings. The molecule has 0 heterocycles. The van der Waals surface area contributed by atoms with E-state index in [1.807, 2.05) is 0 Å². The zero-order valence-electron chi connectivity index (χ0n) is 12.6.